The Hall–Kier alpha value is -2.20. The monoisotopic (exact) mass is 327 g/mol. The van der Waals surface area contributed by atoms with E-state index in [1.54, 1.807) is 0 Å². The van der Waals surface area contributed by atoms with Crippen LogP contribution in [-0.2, 0) is 6.54 Å². The standard InChI is InChI=1S/C20H25NO3/c1-15(2)17-4-6-18(7-5-17)22-10-9-21-14-16-3-8-19-20(13-16)24-12-11-23-19/h3-8,13,15,21H,9-12,14H2,1-2H3. The SMILES string of the molecule is CC(C)c1ccc(OCCNCc2ccc3c(c2)OCCO3)cc1. The second kappa shape index (κ2) is 8.06. The van der Waals surface area contributed by atoms with Gasteiger partial charge in [0.15, 0.2) is 11.5 Å². The van der Waals surface area contributed by atoms with Crippen molar-refractivity contribution in [3.8, 4) is 17.2 Å². The molecule has 1 aliphatic heterocycles. The van der Waals surface area contributed by atoms with Gasteiger partial charge in [-0.1, -0.05) is 32.0 Å². The predicted molar refractivity (Wildman–Crippen MR) is 95.2 cm³/mol. The fourth-order valence-corrected chi connectivity index (χ4v) is 2.62. The van der Waals surface area contributed by atoms with Crippen LogP contribution in [0.4, 0.5) is 0 Å². The molecule has 1 aliphatic rings. The van der Waals surface area contributed by atoms with E-state index >= 15 is 0 Å². The van der Waals surface area contributed by atoms with Gasteiger partial charge < -0.3 is 19.5 Å². The van der Waals surface area contributed by atoms with Crippen molar-refractivity contribution in [3.05, 3.63) is 53.6 Å². The minimum atomic E-state index is 0.548. The van der Waals surface area contributed by atoms with E-state index in [9.17, 15) is 0 Å². The lowest BCUT2D eigenvalue weighted by molar-refractivity contribution is 0.171. The Morgan fingerprint density at radius 1 is 1.00 bits per heavy atom. The van der Waals surface area contributed by atoms with Crippen molar-refractivity contribution >= 4 is 0 Å². The zero-order chi connectivity index (χ0) is 16.8. The third-order valence-corrected chi connectivity index (χ3v) is 4.03. The van der Waals surface area contributed by atoms with Gasteiger partial charge in [0.25, 0.3) is 0 Å². The third kappa shape index (κ3) is 4.42. The summed E-state index contributed by atoms with van der Waals surface area (Å²) in [4.78, 5) is 0. The Labute approximate surface area is 143 Å². The average molecular weight is 327 g/mol. The predicted octanol–water partition coefficient (Wildman–Crippen LogP) is 3.75. The second-order valence-corrected chi connectivity index (χ2v) is 6.23. The fraction of sp³-hybridized carbons (Fsp3) is 0.400. The van der Waals surface area contributed by atoms with Crippen molar-refractivity contribution in [1.82, 2.24) is 5.32 Å². The summed E-state index contributed by atoms with van der Waals surface area (Å²) in [5, 5.41) is 3.39. The zero-order valence-electron chi connectivity index (χ0n) is 14.4. The van der Waals surface area contributed by atoms with E-state index < -0.39 is 0 Å². The minimum absolute atomic E-state index is 0.548. The Bertz CT molecular complexity index is 652. The molecule has 0 spiro atoms. The smallest absolute Gasteiger partial charge is 0.161 e. The van der Waals surface area contributed by atoms with Gasteiger partial charge in [0.2, 0.25) is 0 Å². The van der Waals surface area contributed by atoms with Gasteiger partial charge in [-0.05, 0) is 41.3 Å². The Morgan fingerprint density at radius 3 is 2.50 bits per heavy atom. The molecule has 2 aromatic carbocycles. The molecule has 2 aromatic rings. The summed E-state index contributed by atoms with van der Waals surface area (Å²) in [6.07, 6.45) is 0. The van der Waals surface area contributed by atoms with Crippen molar-refractivity contribution in [2.45, 2.75) is 26.3 Å². The number of rotatable bonds is 7. The van der Waals surface area contributed by atoms with Crippen LogP contribution in [0.2, 0.25) is 0 Å². The summed E-state index contributed by atoms with van der Waals surface area (Å²) in [6.45, 7) is 7.85. The average Bonchev–Trinajstić information content (AvgIpc) is 2.61. The molecule has 0 aromatic heterocycles. The minimum Gasteiger partial charge on any atom is -0.492 e. The molecule has 4 heteroatoms. The van der Waals surface area contributed by atoms with E-state index in [2.05, 4.69) is 37.4 Å². The van der Waals surface area contributed by atoms with Crippen LogP contribution in [0.3, 0.4) is 0 Å². The van der Waals surface area contributed by atoms with Crippen LogP contribution in [-0.4, -0.2) is 26.4 Å². The first-order valence-corrected chi connectivity index (χ1v) is 8.54. The maximum Gasteiger partial charge on any atom is 0.161 e. The zero-order valence-corrected chi connectivity index (χ0v) is 14.4. The molecule has 0 atom stereocenters. The number of hydrogen-bond acceptors (Lipinski definition) is 4. The first-order chi connectivity index (χ1) is 11.7. The first kappa shape index (κ1) is 16.7. The van der Waals surface area contributed by atoms with E-state index in [0.29, 0.717) is 25.7 Å². The molecule has 0 radical (unpaired) electrons. The van der Waals surface area contributed by atoms with Crippen molar-refractivity contribution in [1.29, 1.82) is 0 Å². The molecule has 0 bridgehead atoms. The molecular weight excluding hydrogens is 302 g/mol. The summed E-state index contributed by atoms with van der Waals surface area (Å²) < 4.78 is 16.9. The lowest BCUT2D eigenvalue weighted by Gasteiger charge is -2.19. The van der Waals surface area contributed by atoms with Crippen LogP contribution in [0.5, 0.6) is 17.2 Å². The molecule has 1 heterocycles. The van der Waals surface area contributed by atoms with Crippen molar-refractivity contribution in [2.24, 2.45) is 0 Å². The molecule has 0 aliphatic carbocycles. The maximum atomic E-state index is 5.76. The van der Waals surface area contributed by atoms with Gasteiger partial charge in [-0.2, -0.15) is 0 Å². The largest absolute Gasteiger partial charge is 0.492 e. The van der Waals surface area contributed by atoms with E-state index in [1.807, 2.05) is 24.3 Å². The van der Waals surface area contributed by atoms with Crippen LogP contribution in [0, 0.1) is 0 Å². The number of ether oxygens (including phenoxy) is 3. The topological polar surface area (TPSA) is 39.7 Å². The number of benzene rings is 2. The van der Waals surface area contributed by atoms with Gasteiger partial charge in [-0.25, -0.2) is 0 Å². The molecule has 128 valence electrons. The molecule has 0 amide bonds. The van der Waals surface area contributed by atoms with E-state index in [4.69, 9.17) is 14.2 Å². The fourth-order valence-electron chi connectivity index (χ4n) is 2.62. The van der Waals surface area contributed by atoms with Gasteiger partial charge >= 0.3 is 0 Å². The molecule has 0 saturated carbocycles. The highest BCUT2D eigenvalue weighted by Crippen LogP contribution is 2.30. The summed E-state index contributed by atoms with van der Waals surface area (Å²) >= 11 is 0. The van der Waals surface area contributed by atoms with Crippen molar-refractivity contribution in [3.63, 3.8) is 0 Å². The number of nitrogens with one attached hydrogen (secondary N) is 1. The summed E-state index contributed by atoms with van der Waals surface area (Å²) in [5.41, 5.74) is 2.51. The Balaban J connectivity index is 1.39. The highest BCUT2D eigenvalue weighted by molar-refractivity contribution is 5.43. The molecular formula is C20H25NO3. The molecule has 24 heavy (non-hydrogen) atoms. The summed E-state index contributed by atoms with van der Waals surface area (Å²) in [5.74, 6) is 3.13. The van der Waals surface area contributed by atoms with Crippen LogP contribution in [0.25, 0.3) is 0 Å². The van der Waals surface area contributed by atoms with Gasteiger partial charge in [0.05, 0.1) is 0 Å². The molecule has 1 N–H and O–H groups in total. The first-order valence-electron chi connectivity index (χ1n) is 8.54. The van der Waals surface area contributed by atoms with Gasteiger partial charge in [0, 0.05) is 13.1 Å². The summed E-state index contributed by atoms with van der Waals surface area (Å²) in [6, 6.07) is 14.4. The highest BCUT2D eigenvalue weighted by Gasteiger charge is 2.11. The van der Waals surface area contributed by atoms with Crippen LogP contribution in [0.15, 0.2) is 42.5 Å². The summed E-state index contributed by atoms with van der Waals surface area (Å²) in [7, 11) is 0. The van der Waals surface area contributed by atoms with E-state index in [0.717, 1.165) is 30.3 Å². The van der Waals surface area contributed by atoms with Gasteiger partial charge in [0.1, 0.15) is 25.6 Å². The molecule has 4 nitrogen and oxygen atoms in total. The molecule has 0 unspecified atom stereocenters. The van der Waals surface area contributed by atoms with Gasteiger partial charge in [-0.3, -0.25) is 0 Å². The lowest BCUT2D eigenvalue weighted by atomic mass is 10.0. The van der Waals surface area contributed by atoms with Gasteiger partial charge in [-0.15, -0.1) is 0 Å². The Kier molecular flexibility index (Phi) is 5.59. The van der Waals surface area contributed by atoms with E-state index in [-0.39, 0.29) is 0 Å². The molecule has 0 fully saturated rings. The lowest BCUT2D eigenvalue weighted by Crippen LogP contribution is -2.21. The number of fused-ring (bicyclic) bond motifs is 1. The van der Waals surface area contributed by atoms with Crippen molar-refractivity contribution < 1.29 is 14.2 Å². The normalized spacial score (nSPS) is 13.1. The highest BCUT2D eigenvalue weighted by atomic mass is 16.6. The molecule has 0 saturated heterocycles. The maximum absolute atomic E-state index is 5.76. The Morgan fingerprint density at radius 2 is 1.75 bits per heavy atom. The van der Waals surface area contributed by atoms with Crippen LogP contribution >= 0.6 is 0 Å². The number of hydrogen-bond donors (Lipinski definition) is 1. The quantitative estimate of drug-likeness (QED) is 0.786. The second-order valence-electron chi connectivity index (χ2n) is 6.23. The van der Waals surface area contributed by atoms with Crippen LogP contribution < -0.4 is 19.5 Å². The van der Waals surface area contributed by atoms with Crippen LogP contribution in [0.1, 0.15) is 30.9 Å². The third-order valence-electron chi connectivity index (χ3n) is 4.03. The van der Waals surface area contributed by atoms with E-state index in [1.165, 1.54) is 11.1 Å². The molecule has 3 rings (SSSR count). The van der Waals surface area contributed by atoms with Crippen molar-refractivity contribution in [2.75, 3.05) is 26.4 Å².